The average molecular weight is 666 g/mol. The molecule has 0 aliphatic rings. The van der Waals surface area contributed by atoms with Crippen molar-refractivity contribution in [3.63, 3.8) is 0 Å². The van der Waals surface area contributed by atoms with Crippen LogP contribution in [0.1, 0.15) is 30.5 Å². The second-order valence-corrected chi connectivity index (χ2v) is 13.9. The lowest BCUT2D eigenvalue weighted by Crippen LogP contribution is -2.32. The Morgan fingerprint density at radius 1 is 0.404 bits per heavy atom. The molecular formula is C47H31N5. The molecule has 3 aromatic heterocycles. The van der Waals surface area contributed by atoms with Crippen LogP contribution < -0.4 is 0 Å². The van der Waals surface area contributed by atoms with E-state index in [2.05, 4.69) is 185 Å². The summed E-state index contributed by atoms with van der Waals surface area (Å²) in [6, 6.07) is 57.6. The second kappa shape index (κ2) is 11.0. The van der Waals surface area contributed by atoms with Crippen LogP contribution in [0.5, 0.6) is 0 Å². The summed E-state index contributed by atoms with van der Waals surface area (Å²) in [6.45, 7) is 4.47. The second-order valence-electron chi connectivity index (χ2n) is 13.9. The van der Waals surface area contributed by atoms with Crippen molar-refractivity contribution in [1.29, 1.82) is 10.5 Å². The molecule has 0 bridgehead atoms. The molecule has 10 aromatic rings. The highest BCUT2D eigenvalue weighted by Crippen LogP contribution is 2.47. The van der Waals surface area contributed by atoms with E-state index in [1.165, 1.54) is 0 Å². The van der Waals surface area contributed by atoms with Crippen LogP contribution in [0.3, 0.4) is 0 Å². The number of fused-ring (bicyclic) bond motifs is 9. The molecule has 10 rings (SSSR count). The summed E-state index contributed by atoms with van der Waals surface area (Å²) in [5.41, 5.74) is 8.63. The van der Waals surface area contributed by atoms with E-state index >= 15 is 0 Å². The van der Waals surface area contributed by atoms with Crippen LogP contribution in [0.4, 0.5) is 0 Å². The fourth-order valence-electron chi connectivity index (χ4n) is 8.84. The van der Waals surface area contributed by atoms with Gasteiger partial charge in [-0.1, -0.05) is 109 Å². The number of nitrogens with zero attached hydrogens (tertiary/aromatic N) is 5. The first-order valence-corrected chi connectivity index (χ1v) is 17.5. The van der Waals surface area contributed by atoms with Crippen LogP contribution >= 0.6 is 0 Å². The number of benzene rings is 7. The Morgan fingerprint density at radius 2 is 0.673 bits per heavy atom. The van der Waals surface area contributed by atoms with E-state index in [-0.39, 0.29) is 0 Å². The van der Waals surface area contributed by atoms with Crippen molar-refractivity contribution in [1.82, 2.24) is 13.7 Å². The Bertz CT molecular complexity index is 2880. The highest BCUT2D eigenvalue weighted by atomic mass is 15.1. The Labute approximate surface area is 300 Å². The molecule has 7 aromatic carbocycles. The van der Waals surface area contributed by atoms with Crippen molar-refractivity contribution in [2.75, 3.05) is 0 Å². The molecule has 244 valence electrons. The molecule has 0 aliphatic heterocycles. The highest BCUT2D eigenvalue weighted by molar-refractivity contribution is 6.12. The molecule has 0 aliphatic carbocycles. The summed E-state index contributed by atoms with van der Waals surface area (Å²) < 4.78 is 6.92. The van der Waals surface area contributed by atoms with Gasteiger partial charge in [0.1, 0.15) is 12.1 Å². The maximum atomic E-state index is 11.1. The quantitative estimate of drug-likeness (QED) is 0.188. The first-order chi connectivity index (χ1) is 25.5. The molecule has 0 atom stereocenters. The van der Waals surface area contributed by atoms with Gasteiger partial charge in [-0.3, -0.25) is 0 Å². The molecule has 3 heterocycles. The van der Waals surface area contributed by atoms with Crippen LogP contribution in [0.25, 0.3) is 76.8 Å². The first-order valence-electron chi connectivity index (χ1n) is 17.5. The van der Waals surface area contributed by atoms with Crippen molar-refractivity contribution < 1.29 is 0 Å². The summed E-state index contributed by atoms with van der Waals surface area (Å²) in [5.74, 6) is 0. The highest BCUT2D eigenvalue weighted by Gasteiger charge is 2.37. The van der Waals surface area contributed by atoms with Gasteiger partial charge in [-0.15, -0.1) is 0 Å². The molecule has 0 amide bonds. The van der Waals surface area contributed by atoms with E-state index in [9.17, 15) is 10.5 Å². The Morgan fingerprint density at radius 3 is 0.981 bits per heavy atom. The monoisotopic (exact) mass is 665 g/mol. The third-order valence-electron chi connectivity index (χ3n) is 10.9. The normalized spacial score (nSPS) is 12.0. The van der Waals surface area contributed by atoms with Gasteiger partial charge in [0.15, 0.2) is 0 Å². The number of aromatic nitrogens is 3. The van der Waals surface area contributed by atoms with E-state index in [0.717, 1.165) is 82.4 Å². The van der Waals surface area contributed by atoms with Crippen molar-refractivity contribution in [3.05, 3.63) is 168 Å². The lowest BCUT2D eigenvalue weighted by molar-refractivity contribution is 0.462. The maximum absolute atomic E-state index is 11.1. The zero-order chi connectivity index (χ0) is 35.1. The smallest absolute Gasteiger partial charge is 0.101 e. The molecule has 5 nitrogen and oxygen atoms in total. The van der Waals surface area contributed by atoms with E-state index < -0.39 is 5.54 Å². The molecular weight excluding hydrogens is 635 g/mol. The number of hydrogen-bond donors (Lipinski definition) is 0. The summed E-state index contributed by atoms with van der Waals surface area (Å²) in [6.07, 6.45) is 0. The summed E-state index contributed by atoms with van der Waals surface area (Å²) in [5, 5.41) is 29.0. The number of nitriles is 2. The van der Waals surface area contributed by atoms with Gasteiger partial charge < -0.3 is 13.7 Å². The molecule has 52 heavy (non-hydrogen) atoms. The van der Waals surface area contributed by atoms with Crippen LogP contribution in [0.2, 0.25) is 0 Å². The molecule has 0 N–H and O–H groups in total. The molecule has 0 unspecified atom stereocenters. The largest absolute Gasteiger partial charge is 0.330 e. The van der Waals surface area contributed by atoms with Crippen LogP contribution in [-0.2, 0) is 5.54 Å². The van der Waals surface area contributed by atoms with Gasteiger partial charge in [0, 0.05) is 48.9 Å². The lowest BCUT2D eigenvalue weighted by Gasteiger charge is -2.35. The third-order valence-corrected chi connectivity index (χ3v) is 10.9. The van der Waals surface area contributed by atoms with Crippen LogP contribution in [-0.4, -0.2) is 13.7 Å². The minimum absolute atomic E-state index is 0.441. The third kappa shape index (κ3) is 3.91. The van der Waals surface area contributed by atoms with Gasteiger partial charge in [-0.2, -0.15) is 10.5 Å². The SMILES string of the molecule is CC(C)(c1c(-n2c3ccccc3c3ccccc32)c(C#N)cc(C#N)c1-n1c2ccccc2c2ccccc21)n1c2ccccc2c2ccccc21. The van der Waals surface area contributed by atoms with Gasteiger partial charge >= 0.3 is 0 Å². The van der Waals surface area contributed by atoms with Crippen molar-refractivity contribution in [3.8, 4) is 23.5 Å². The number of rotatable bonds is 4. The van der Waals surface area contributed by atoms with Crippen molar-refractivity contribution in [2.45, 2.75) is 19.4 Å². The topological polar surface area (TPSA) is 62.4 Å². The molecule has 0 saturated heterocycles. The zero-order valence-corrected chi connectivity index (χ0v) is 28.7. The minimum Gasteiger partial charge on any atom is -0.330 e. The summed E-state index contributed by atoms with van der Waals surface area (Å²) in [4.78, 5) is 0. The first kappa shape index (κ1) is 29.8. The average Bonchev–Trinajstić information content (AvgIpc) is 3.83. The van der Waals surface area contributed by atoms with Gasteiger partial charge in [0.2, 0.25) is 0 Å². The Kier molecular flexibility index (Phi) is 6.28. The summed E-state index contributed by atoms with van der Waals surface area (Å²) in [7, 11) is 0. The van der Waals surface area contributed by atoms with Crippen LogP contribution in [0, 0.1) is 22.7 Å². The number of para-hydroxylation sites is 6. The molecule has 0 radical (unpaired) electrons. The standard InChI is InChI=1S/C47H31N5/c1-47(2,52-42-25-13-7-19-36(42)37-20-8-14-26-43(37)52)44-45(50-38-21-9-3-15-32(38)33-16-4-10-22-39(33)50)30(28-48)27-31(29-49)46(44)51-40-23-11-5-17-34(40)35-18-6-12-24-41(35)51/h3-27H,1-2H3. The van der Waals surface area contributed by atoms with Gasteiger partial charge in [-0.25, -0.2) is 0 Å². The van der Waals surface area contributed by atoms with Crippen molar-refractivity contribution in [2.24, 2.45) is 0 Å². The molecule has 0 saturated carbocycles. The number of hydrogen-bond acceptors (Lipinski definition) is 2. The fourth-order valence-corrected chi connectivity index (χ4v) is 8.84. The fraction of sp³-hybridized carbons (Fsp3) is 0.0638. The Balaban J connectivity index is 1.50. The zero-order valence-electron chi connectivity index (χ0n) is 28.7. The predicted molar refractivity (Wildman–Crippen MR) is 212 cm³/mol. The van der Waals surface area contributed by atoms with E-state index in [1.807, 2.05) is 0 Å². The predicted octanol–water partition coefficient (Wildman–Crippen LogP) is 11.5. The molecule has 5 heteroatoms. The van der Waals surface area contributed by atoms with E-state index in [4.69, 9.17) is 0 Å². The van der Waals surface area contributed by atoms with Gasteiger partial charge in [0.05, 0.1) is 50.1 Å². The maximum Gasteiger partial charge on any atom is 0.101 e. The summed E-state index contributed by atoms with van der Waals surface area (Å²) >= 11 is 0. The van der Waals surface area contributed by atoms with Gasteiger partial charge in [0.25, 0.3) is 0 Å². The van der Waals surface area contributed by atoms with Crippen molar-refractivity contribution >= 4 is 65.4 Å². The molecule has 0 fully saturated rings. The lowest BCUT2D eigenvalue weighted by atomic mass is 9.85. The van der Waals surface area contributed by atoms with Gasteiger partial charge in [-0.05, 0) is 56.3 Å². The Hall–Kier alpha value is -7.08. The van der Waals surface area contributed by atoms with E-state index in [1.54, 1.807) is 6.07 Å². The van der Waals surface area contributed by atoms with Crippen LogP contribution in [0.15, 0.2) is 152 Å². The minimum atomic E-state index is -0.815. The van der Waals surface area contributed by atoms with E-state index in [0.29, 0.717) is 11.1 Å². The molecule has 0 spiro atoms.